The summed E-state index contributed by atoms with van der Waals surface area (Å²) < 4.78 is 24.7. The molecular formula is C4H5F2N3O. The Balaban J connectivity index is 2.85. The molecule has 0 atom stereocenters. The number of nitrogens with one attached hydrogen (secondary N) is 1. The molecule has 1 heterocycles. The van der Waals surface area contributed by atoms with E-state index in [1.54, 1.807) is 0 Å². The van der Waals surface area contributed by atoms with Gasteiger partial charge in [0.25, 0.3) is 0 Å². The summed E-state index contributed by atoms with van der Waals surface area (Å²) >= 11 is 0. The van der Waals surface area contributed by atoms with Gasteiger partial charge in [0.1, 0.15) is 12.9 Å². The van der Waals surface area contributed by atoms with Crippen LogP contribution in [0, 0.1) is 0 Å². The number of hydrogen-bond donors (Lipinski definition) is 2. The summed E-state index contributed by atoms with van der Waals surface area (Å²) in [6.45, 7) is -1.26. The summed E-state index contributed by atoms with van der Waals surface area (Å²) in [5.74, 6) is -3.92. The van der Waals surface area contributed by atoms with Gasteiger partial charge in [0.2, 0.25) is 0 Å². The average Bonchev–Trinajstić information content (AvgIpc) is 2.38. The Morgan fingerprint density at radius 2 is 2.40 bits per heavy atom. The van der Waals surface area contributed by atoms with E-state index >= 15 is 0 Å². The monoisotopic (exact) mass is 149 g/mol. The standard InChI is InChI=1S/C4H5F2N3O/c5-4(6,1-10)3-7-2-8-9-3/h2,10H,1H2,(H,7,8,9). The fourth-order valence-corrected chi connectivity index (χ4v) is 0.457. The van der Waals surface area contributed by atoms with Crippen LogP contribution in [0.1, 0.15) is 5.82 Å². The van der Waals surface area contributed by atoms with Crippen molar-refractivity contribution in [2.75, 3.05) is 6.61 Å². The summed E-state index contributed by atoms with van der Waals surface area (Å²) in [6.07, 6.45) is 0.957. The number of H-pyrrole nitrogens is 1. The Kier molecular flexibility index (Phi) is 1.62. The lowest BCUT2D eigenvalue weighted by molar-refractivity contribution is -0.0628. The number of aromatic nitrogens is 3. The number of aliphatic hydroxyl groups excluding tert-OH is 1. The van der Waals surface area contributed by atoms with Gasteiger partial charge in [-0.25, -0.2) is 4.98 Å². The largest absolute Gasteiger partial charge is 0.390 e. The molecule has 0 spiro atoms. The maximum atomic E-state index is 12.3. The lowest BCUT2D eigenvalue weighted by atomic mass is 10.3. The zero-order chi connectivity index (χ0) is 7.61. The smallest absolute Gasteiger partial charge is 0.328 e. The van der Waals surface area contributed by atoms with Gasteiger partial charge in [0.15, 0.2) is 5.82 Å². The van der Waals surface area contributed by atoms with Crippen molar-refractivity contribution < 1.29 is 13.9 Å². The van der Waals surface area contributed by atoms with E-state index in [1.807, 2.05) is 5.10 Å². The van der Waals surface area contributed by atoms with Crippen LogP contribution in [0.4, 0.5) is 8.78 Å². The molecule has 1 rings (SSSR count). The summed E-state index contributed by atoms with van der Waals surface area (Å²) in [6, 6.07) is 0. The summed E-state index contributed by atoms with van der Waals surface area (Å²) in [4.78, 5) is 3.18. The number of nitrogens with zero attached hydrogens (tertiary/aromatic N) is 2. The third-order valence-electron chi connectivity index (χ3n) is 0.960. The topological polar surface area (TPSA) is 61.8 Å². The van der Waals surface area contributed by atoms with Crippen molar-refractivity contribution in [2.24, 2.45) is 0 Å². The number of halogens is 2. The maximum absolute atomic E-state index is 12.3. The zero-order valence-electron chi connectivity index (χ0n) is 4.88. The van der Waals surface area contributed by atoms with Gasteiger partial charge >= 0.3 is 5.92 Å². The molecule has 0 aliphatic carbocycles. The first-order valence-corrected chi connectivity index (χ1v) is 2.51. The van der Waals surface area contributed by atoms with Crippen LogP contribution in [-0.2, 0) is 5.92 Å². The Labute approximate surface area is 54.9 Å². The molecule has 0 bridgehead atoms. The molecule has 1 aromatic heterocycles. The molecule has 0 aliphatic rings. The second kappa shape index (κ2) is 2.30. The van der Waals surface area contributed by atoms with Gasteiger partial charge in [-0.15, -0.1) is 0 Å². The number of alkyl halides is 2. The molecule has 0 saturated carbocycles. The molecular weight excluding hydrogens is 144 g/mol. The second-order valence-electron chi connectivity index (χ2n) is 1.70. The van der Waals surface area contributed by atoms with E-state index in [4.69, 9.17) is 5.11 Å². The van der Waals surface area contributed by atoms with Crippen LogP contribution >= 0.6 is 0 Å². The molecule has 10 heavy (non-hydrogen) atoms. The Bertz CT molecular complexity index is 198. The quantitative estimate of drug-likeness (QED) is 0.616. The molecule has 4 nitrogen and oxygen atoms in total. The lowest BCUT2D eigenvalue weighted by Crippen LogP contribution is -2.20. The summed E-state index contributed by atoms with van der Waals surface area (Å²) in [7, 11) is 0. The van der Waals surface area contributed by atoms with Crippen molar-refractivity contribution in [3.8, 4) is 0 Å². The molecule has 0 amide bonds. The van der Waals surface area contributed by atoms with Gasteiger partial charge in [0, 0.05) is 0 Å². The molecule has 0 radical (unpaired) electrons. The van der Waals surface area contributed by atoms with Gasteiger partial charge in [-0.2, -0.15) is 13.9 Å². The minimum atomic E-state index is -3.31. The van der Waals surface area contributed by atoms with E-state index in [2.05, 4.69) is 10.1 Å². The normalized spacial score (nSPS) is 11.9. The highest BCUT2D eigenvalue weighted by molar-refractivity contribution is 4.91. The van der Waals surface area contributed by atoms with E-state index in [0.29, 0.717) is 0 Å². The van der Waals surface area contributed by atoms with E-state index in [-0.39, 0.29) is 0 Å². The van der Waals surface area contributed by atoms with Gasteiger partial charge in [0.05, 0.1) is 0 Å². The van der Waals surface area contributed by atoms with Crippen molar-refractivity contribution in [2.45, 2.75) is 5.92 Å². The molecule has 0 unspecified atom stereocenters. The van der Waals surface area contributed by atoms with Gasteiger partial charge in [-0.05, 0) is 0 Å². The third kappa shape index (κ3) is 1.10. The number of aromatic amines is 1. The number of hydrogen-bond acceptors (Lipinski definition) is 3. The van der Waals surface area contributed by atoms with Crippen LogP contribution in [0.5, 0.6) is 0 Å². The van der Waals surface area contributed by atoms with Crippen molar-refractivity contribution in [3.05, 3.63) is 12.2 Å². The molecule has 0 saturated heterocycles. The van der Waals surface area contributed by atoms with Crippen molar-refractivity contribution in [1.29, 1.82) is 0 Å². The van der Waals surface area contributed by atoms with Crippen LogP contribution in [0.25, 0.3) is 0 Å². The Morgan fingerprint density at radius 1 is 1.70 bits per heavy atom. The number of rotatable bonds is 2. The molecule has 0 fully saturated rings. The van der Waals surface area contributed by atoms with Crippen molar-refractivity contribution >= 4 is 0 Å². The Morgan fingerprint density at radius 3 is 2.80 bits per heavy atom. The van der Waals surface area contributed by atoms with Crippen LogP contribution in [-0.4, -0.2) is 26.9 Å². The fourth-order valence-electron chi connectivity index (χ4n) is 0.457. The SMILES string of the molecule is OCC(F)(F)c1ncn[nH]1. The van der Waals surface area contributed by atoms with Crippen LogP contribution in [0.2, 0.25) is 0 Å². The Hall–Kier alpha value is -1.04. The van der Waals surface area contributed by atoms with E-state index in [9.17, 15) is 8.78 Å². The first-order valence-electron chi connectivity index (χ1n) is 2.51. The minimum absolute atomic E-state index is 0.616. The van der Waals surface area contributed by atoms with Crippen molar-refractivity contribution in [3.63, 3.8) is 0 Å². The van der Waals surface area contributed by atoms with Gasteiger partial charge in [-0.1, -0.05) is 0 Å². The summed E-state index contributed by atoms with van der Waals surface area (Å²) in [5, 5.41) is 13.3. The highest BCUT2D eigenvalue weighted by atomic mass is 19.3. The highest BCUT2D eigenvalue weighted by Crippen LogP contribution is 2.22. The molecule has 0 aromatic carbocycles. The zero-order valence-corrected chi connectivity index (χ0v) is 4.88. The van der Waals surface area contributed by atoms with E-state index in [0.717, 1.165) is 6.33 Å². The predicted molar refractivity (Wildman–Crippen MR) is 27.4 cm³/mol. The molecule has 2 N–H and O–H groups in total. The highest BCUT2D eigenvalue weighted by Gasteiger charge is 2.33. The predicted octanol–water partition coefficient (Wildman–Crippen LogP) is -0.111. The van der Waals surface area contributed by atoms with Crippen LogP contribution < -0.4 is 0 Å². The van der Waals surface area contributed by atoms with Gasteiger partial charge in [-0.3, -0.25) is 5.10 Å². The minimum Gasteiger partial charge on any atom is -0.390 e. The molecule has 1 aromatic rings. The maximum Gasteiger partial charge on any atom is 0.328 e. The number of aliphatic hydroxyl groups is 1. The second-order valence-corrected chi connectivity index (χ2v) is 1.70. The first-order chi connectivity index (χ1) is 4.67. The molecule has 6 heteroatoms. The van der Waals surface area contributed by atoms with Crippen LogP contribution in [0.15, 0.2) is 6.33 Å². The van der Waals surface area contributed by atoms with Crippen molar-refractivity contribution in [1.82, 2.24) is 15.2 Å². The van der Waals surface area contributed by atoms with Crippen LogP contribution in [0.3, 0.4) is 0 Å². The van der Waals surface area contributed by atoms with Gasteiger partial charge < -0.3 is 5.11 Å². The molecule has 0 aliphatic heterocycles. The fraction of sp³-hybridized carbons (Fsp3) is 0.500. The average molecular weight is 149 g/mol. The van der Waals surface area contributed by atoms with E-state index < -0.39 is 18.4 Å². The third-order valence-corrected chi connectivity index (χ3v) is 0.960. The first kappa shape index (κ1) is 7.07. The molecule has 56 valence electrons. The summed E-state index contributed by atoms with van der Waals surface area (Å²) in [5.41, 5.74) is 0. The van der Waals surface area contributed by atoms with E-state index in [1.165, 1.54) is 0 Å². The lowest BCUT2D eigenvalue weighted by Gasteiger charge is -2.07.